The molecule has 1 aromatic carbocycles. The number of piperidine rings is 1. The summed E-state index contributed by atoms with van der Waals surface area (Å²) in [6.07, 6.45) is 4.14. The lowest BCUT2D eigenvalue weighted by molar-refractivity contribution is -0.120. The van der Waals surface area contributed by atoms with E-state index < -0.39 is 6.04 Å². The summed E-state index contributed by atoms with van der Waals surface area (Å²) in [5, 5.41) is 2.97. The number of aromatic nitrogens is 1. The van der Waals surface area contributed by atoms with Crippen LogP contribution in [0.15, 0.2) is 48.8 Å². The summed E-state index contributed by atoms with van der Waals surface area (Å²) >= 11 is 0. The van der Waals surface area contributed by atoms with Crippen LogP contribution in [0.3, 0.4) is 0 Å². The van der Waals surface area contributed by atoms with Gasteiger partial charge in [0.05, 0.1) is 11.3 Å². The quantitative estimate of drug-likeness (QED) is 0.794. The Hall–Kier alpha value is -3.22. The number of hydrogen-bond acceptors (Lipinski definition) is 4. The van der Waals surface area contributed by atoms with Crippen molar-refractivity contribution >= 4 is 23.5 Å². The van der Waals surface area contributed by atoms with Crippen LogP contribution in [-0.4, -0.2) is 46.4 Å². The van der Waals surface area contributed by atoms with E-state index in [1.807, 2.05) is 24.3 Å². The number of anilines is 1. The first kappa shape index (κ1) is 20.1. The van der Waals surface area contributed by atoms with Crippen molar-refractivity contribution < 1.29 is 14.4 Å². The molecule has 0 bridgehead atoms. The van der Waals surface area contributed by atoms with Crippen LogP contribution in [0, 0.1) is 0 Å². The van der Waals surface area contributed by atoms with E-state index in [0.717, 1.165) is 5.56 Å². The second-order valence-electron chi connectivity index (χ2n) is 8.90. The van der Waals surface area contributed by atoms with Gasteiger partial charge < -0.3 is 10.2 Å². The van der Waals surface area contributed by atoms with Gasteiger partial charge in [-0.05, 0) is 48.1 Å². The molecule has 2 saturated heterocycles. The summed E-state index contributed by atoms with van der Waals surface area (Å²) in [7, 11) is 0. The number of carbonyl (C=O) groups excluding carboxylic acids is 3. The van der Waals surface area contributed by atoms with Gasteiger partial charge in [-0.3, -0.25) is 14.6 Å². The van der Waals surface area contributed by atoms with Gasteiger partial charge in [-0.25, -0.2) is 9.69 Å². The van der Waals surface area contributed by atoms with Crippen molar-refractivity contribution in [2.24, 2.45) is 0 Å². The van der Waals surface area contributed by atoms with E-state index in [0.29, 0.717) is 30.6 Å². The minimum atomic E-state index is -0.548. The van der Waals surface area contributed by atoms with Crippen molar-refractivity contribution in [3.63, 3.8) is 0 Å². The fraction of sp³-hybridized carbons (Fsp3) is 0.391. The smallest absolute Gasteiger partial charge is 0.332 e. The molecule has 0 radical (unpaired) electrons. The van der Waals surface area contributed by atoms with Gasteiger partial charge in [-0.15, -0.1) is 0 Å². The number of nitrogens with one attached hydrogen (secondary N) is 1. The van der Waals surface area contributed by atoms with Crippen molar-refractivity contribution in [2.75, 3.05) is 11.4 Å². The molecule has 2 aliphatic heterocycles. The van der Waals surface area contributed by atoms with Gasteiger partial charge in [0.15, 0.2) is 0 Å². The van der Waals surface area contributed by atoms with Gasteiger partial charge in [0, 0.05) is 25.0 Å². The summed E-state index contributed by atoms with van der Waals surface area (Å²) in [5.74, 6) is -0.447. The number of urea groups is 1. The van der Waals surface area contributed by atoms with Crippen LogP contribution in [-0.2, 0) is 10.2 Å². The van der Waals surface area contributed by atoms with Gasteiger partial charge in [0.2, 0.25) is 0 Å². The predicted molar refractivity (Wildman–Crippen MR) is 113 cm³/mol. The van der Waals surface area contributed by atoms with E-state index in [1.54, 1.807) is 23.2 Å². The Kier molecular flexibility index (Phi) is 5.05. The maximum Gasteiger partial charge on any atom is 0.332 e. The number of nitrogens with zero attached hydrogens (tertiary/aromatic N) is 3. The van der Waals surface area contributed by atoms with E-state index >= 15 is 0 Å². The second-order valence-corrected chi connectivity index (χ2v) is 8.90. The lowest BCUT2D eigenvalue weighted by Gasteiger charge is -2.32. The highest BCUT2D eigenvalue weighted by Crippen LogP contribution is 2.32. The molecule has 0 saturated carbocycles. The number of amides is 4. The van der Waals surface area contributed by atoms with Gasteiger partial charge in [-0.2, -0.15) is 0 Å². The molecule has 156 valence electrons. The van der Waals surface area contributed by atoms with E-state index in [2.05, 4.69) is 31.1 Å². The summed E-state index contributed by atoms with van der Waals surface area (Å²) in [6, 6.07) is 9.99. The summed E-state index contributed by atoms with van der Waals surface area (Å²) < 4.78 is 0. The molecule has 0 aliphatic carbocycles. The zero-order valence-electron chi connectivity index (χ0n) is 17.5. The Balaban J connectivity index is 1.47. The third-order valence-corrected chi connectivity index (χ3v) is 5.80. The zero-order chi connectivity index (χ0) is 21.5. The monoisotopic (exact) mass is 406 g/mol. The first-order valence-corrected chi connectivity index (χ1v) is 10.2. The summed E-state index contributed by atoms with van der Waals surface area (Å²) in [4.78, 5) is 45.3. The Morgan fingerprint density at radius 3 is 2.50 bits per heavy atom. The van der Waals surface area contributed by atoms with Crippen molar-refractivity contribution in [1.82, 2.24) is 15.2 Å². The molecule has 4 amide bonds. The fourth-order valence-corrected chi connectivity index (χ4v) is 4.05. The van der Waals surface area contributed by atoms with Gasteiger partial charge in [-0.1, -0.05) is 32.9 Å². The van der Waals surface area contributed by atoms with Crippen LogP contribution in [0.5, 0.6) is 0 Å². The molecule has 4 rings (SSSR count). The number of imide groups is 1. The predicted octanol–water partition coefficient (Wildman–Crippen LogP) is 3.11. The lowest BCUT2D eigenvalue weighted by atomic mass is 9.87. The molecule has 2 aromatic rings. The maximum absolute atomic E-state index is 13.1. The highest BCUT2D eigenvalue weighted by molar-refractivity contribution is 6.21. The van der Waals surface area contributed by atoms with Gasteiger partial charge in [0.25, 0.3) is 11.8 Å². The van der Waals surface area contributed by atoms with Crippen molar-refractivity contribution in [3.8, 4) is 0 Å². The van der Waals surface area contributed by atoms with Crippen LogP contribution in [0.4, 0.5) is 10.5 Å². The molecule has 7 nitrogen and oxygen atoms in total. The zero-order valence-corrected chi connectivity index (χ0v) is 17.5. The minimum absolute atomic E-state index is 0.00521. The molecular weight excluding hydrogens is 380 g/mol. The van der Waals surface area contributed by atoms with Crippen LogP contribution >= 0.6 is 0 Å². The SMILES string of the molecule is CC(C)(C)c1ccc(N2C(=O)[C@@H]3C[C@@H](NC(=O)c4cccnc4)CCN3C2=O)cc1. The number of pyridine rings is 1. The number of fused-ring (bicyclic) bond motifs is 1. The number of carbonyl (C=O) groups is 3. The lowest BCUT2D eigenvalue weighted by Crippen LogP contribution is -2.49. The van der Waals surface area contributed by atoms with Crippen molar-refractivity contribution in [1.29, 1.82) is 0 Å². The molecular formula is C23H26N4O3. The molecule has 30 heavy (non-hydrogen) atoms. The van der Waals surface area contributed by atoms with Crippen molar-refractivity contribution in [2.45, 2.75) is 51.1 Å². The average Bonchev–Trinajstić information content (AvgIpc) is 2.98. The summed E-state index contributed by atoms with van der Waals surface area (Å²) in [5.41, 5.74) is 2.20. The van der Waals surface area contributed by atoms with Crippen LogP contribution in [0.25, 0.3) is 0 Å². The molecule has 2 fully saturated rings. The molecule has 2 aliphatic rings. The van der Waals surface area contributed by atoms with E-state index in [9.17, 15) is 14.4 Å². The first-order chi connectivity index (χ1) is 14.3. The largest absolute Gasteiger partial charge is 0.349 e. The van der Waals surface area contributed by atoms with Gasteiger partial charge >= 0.3 is 6.03 Å². The Labute approximate surface area is 176 Å². The molecule has 1 N–H and O–H groups in total. The number of rotatable bonds is 3. The van der Waals surface area contributed by atoms with E-state index in [4.69, 9.17) is 0 Å². The molecule has 7 heteroatoms. The number of hydrogen-bond donors (Lipinski definition) is 1. The van der Waals surface area contributed by atoms with Crippen molar-refractivity contribution in [3.05, 3.63) is 59.9 Å². The maximum atomic E-state index is 13.1. The first-order valence-electron chi connectivity index (χ1n) is 10.2. The molecule has 0 spiro atoms. The third kappa shape index (κ3) is 3.67. The number of benzene rings is 1. The second kappa shape index (κ2) is 7.55. The molecule has 0 unspecified atom stereocenters. The highest BCUT2D eigenvalue weighted by Gasteiger charge is 2.48. The van der Waals surface area contributed by atoms with Crippen LogP contribution in [0.2, 0.25) is 0 Å². The highest BCUT2D eigenvalue weighted by atomic mass is 16.2. The third-order valence-electron chi connectivity index (χ3n) is 5.80. The Morgan fingerprint density at radius 2 is 1.87 bits per heavy atom. The molecule has 3 heterocycles. The van der Waals surface area contributed by atoms with Gasteiger partial charge in [0.1, 0.15) is 6.04 Å². The normalized spacial score (nSPS) is 21.6. The Bertz CT molecular complexity index is 966. The minimum Gasteiger partial charge on any atom is -0.349 e. The van der Waals surface area contributed by atoms with Crippen LogP contribution in [0.1, 0.15) is 49.5 Å². The van der Waals surface area contributed by atoms with E-state index in [-0.39, 0.29) is 29.3 Å². The fourth-order valence-electron chi connectivity index (χ4n) is 4.05. The summed E-state index contributed by atoms with van der Waals surface area (Å²) in [6.45, 7) is 6.79. The Morgan fingerprint density at radius 1 is 1.13 bits per heavy atom. The molecule has 2 atom stereocenters. The average molecular weight is 406 g/mol. The standard InChI is InChI=1S/C23H26N4O3/c1-23(2,3)16-6-8-18(9-7-16)27-21(29)19-13-17(10-12-26(19)22(27)30)25-20(28)15-5-4-11-24-14-15/h4-9,11,14,17,19H,10,12-13H2,1-3H3,(H,25,28)/t17-,19-/m0/s1. The van der Waals surface area contributed by atoms with Crippen LogP contribution < -0.4 is 10.2 Å². The topological polar surface area (TPSA) is 82.6 Å². The van der Waals surface area contributed by atoms with E-state index in [1.165, 1.54) is 11.1 Å². The molecule has 1 aromatic heterocycles.